The molecule has 138 valence electrons. The van der Waals surface area contributed by atoms with Crippen LogP contribution in [0.1, 0.15) is 33.6 Å². The van der Waals surface area contributed by atoms with E-state index in [-0.39, 0.29) is 29.7 Å². The Morgan fingerprint density at radius 1 is 1.00 bits per heavy atom. The number of anilines is 1. The molecule has 0 spiro atoms. The van der Waals surface area contributed by atoms with Crippen LogP contribution in [-0.2, 0) is 19.1 Å². The molecule has 0 aromatic heterocycles. The highest BCUT2D eigenvalue weighted by molar-refractivity contribution is 6.04. The van der Waals surface area contributed by atoms with Crippen molar-refractivity contribution in [3.8, 4) is 0 Å². The number of hydrogen-bond donors (Lipinski definition) is 2. The number of carbonyl (C=O) groups excluding carboxylic acids is 3. The number of carboxylic acids is 1. The Balaban J connectivity index is 2.34. The van der Waals surface area contributed by atoms with Crippen LogP contribution in [0.5, 0.6) is 0 Å². The summed E-state index contributed by atoms with van der Waals surface area (Å²) in [4.78, 5) is 47.6. The van der Waals surface area contributed by atoms with Crippen LogP contribution in [0.15, 0.2) is 30.4 Å². The largest absolute Gasteiger partial charge is 0.481 e. The smallest absolute Gasteiger partial charge is 0.339 e. The number of benzene rings is 1. The zero-order valence-electron chi connectivity index (χ0n) is 14.4. The molecule has 1 aliphatic carbocycles. The molecule has 0 aliphatic heterocycles. The van der Waals surface area contributed by atoms with Gasteiger partial charge in [-0.25, -0.2) is 9.59 Å². The predicted molar refractivity (Wildman–Crippen MR) is 90.7 cm³/mol. The summed E-state index contributed by atoms with van der Waals surface area (Å²) < 4.78 is 9.31. The third-order valence-corrected chi connectivity index (χ3v) is 4.19. The molecule has 2 unspecified atom stereocenters. The van der Waals surface area contributed by atoms with E-state index in [9.17, 15) is 24.3 Å². The molecular weight excluding hydrogens is 342 g/mol. The number of esters is 2. The molecule has 1 amide bonds. The van der Waals surface area contributed by atoms with Crippen molar-refractivity contribution < 1.29 is 33.8 Å². The Kier molecular flexibility index (Phi) is 6.11. The standard InChI is InChI=1S/C18H19NO7/c1-25-17(23)10-7-8-13(18(24)26-2)14(9-10)19-15(20)11-5-3-4-6-12(11)16(21)22/h3-4,7-9,11-12H,5-6H2,1-2H3,(H,19,20)(H,21,22). The molecule has 8 heteroatoms. The van der Waals surface area contributed by atoms with Gasteiger partial charge in [0.15, 0.2) is 0 Å². The van der Waals surface area contributed by atoms with Gasteiger partial charge in [0.05, 0.1) is 42.9 Å². The lowest BCUT2D eigenvalue weighted by molar-refractivity contribution is -0.146. The van der Waals surface area contributed by atoms with Gasteiger partial charge in [0.25, 0.3) is 0 Å². The fraction of sp³-hybridized carbons (Fsp3) is 0.333. The van der Waals surface area contributed by atoms with E-state index in [0.717, 1.165) is 0 Å². The molecule has 0 saturated heterocycles. The summed E-state index contributed by atoms with van der Waals surface area (Å²) >= 11 is 0. The van der Waals surface area contributed by atoms with Gasteiger partial charge in [-0.2, -0.15) is 0 Å². The van der Waals surface area contributed by atoms with Crippen molar-refractivity contribution in [2.24, 2.45) is 11.8 Å². The first kappa shape index (κ1) is 19.2. The first-order valence-electron chi connectivity index (χ1n) is 7.88. The number of nitrogens with one attached hydrogen (secondary N) is 1. The molecule has 26 heavy (non-hydrogen) atoms. The van der Waals surface area contributed by atoms with Gasteiger partial charge in [-0.3, -0.25) is 9.59 Å². The maximum Gasteiger partial charge on any atom is 0.339 e. The van der Waals surface area contributed by atoms with Crippen molar-refractivity contribution in [1.29, 1.82) is 0 Å². The second kappa shape index (κ2) is 8.28. The molecule has 2 atom stereocenters. The second-order valence-corrected chi connectivity index (χ2v) is 5.73. The van der Waals surface area contributed by atoms with Crippen LogP contribution < -0.4 is 5.32 Å². The topological polar surface area (TPSA) is 119 Å². The van der Waals surface area contributed by atoms with Gasteiger partial charge < -0.3 is 19.9 Å². The average Bonchev–Trinajstić information content (AvgIpc) is 2.66. The first-order chi connectivity index (χ1) is 12.4. The van der Waals surface area contributed by atoms with Crippen molar-refractivity contribution in [2.45, 2.75) is 12.8 Å². The van der Waals surface area contributed by atoms with Gasteiger partial charge >= 0.3 is 17.9 Å². The lowest BCUT2D eigenvalue weighted by Crippen LogP contribution is -2.35. The zero-order valence-corrected chi connectivity index (χ0v) is 14.4. The fourth-order valence-electron chi connectivity index (χ4n) is 2.78. The molecule has 1 aliphatic rings. The monoisotopic (exact) mass is 361 g/mol. The summed E-state index contributed by atoms with van der Waals surface area (Å²) in [5, 5.41) is 11.9. The second-order valence-electron chi connectivity index (χ2n) is 5.73. The van der Waals surface area contributed by atoms with E-state index >= 15 is 0 Å². The Bertz CT molecular complexity index is 769. The maximum absolute atomic E-state index is 12.6. The van der Waals surface area contributed by atoms with Crippen molar-refractivity contribution in [1.82, 2.24) is 0 Å². The molecule has 2 rings (SSSR count). The molecule has 0 bridgehead atoms. The van der Waals surface area contributed by atoms with Gasteiger partial charge in [0.2, 0.25) is 5.91 Å². The Morgan fingerprint density at radius 3 is 2.19 bits per heavy atom. The minimum Gasteiger partial charge on any atom is -0.481 e. The minimum absolute atomic E-state index is 0.0479. The Labute approximate surface area is 149 Å². The quantitative estimate of drug-likeness (QED) is 0.607. The Hall–Kier alpha value is -3.16. The molecule has 2 N–H and O–H groups in total. The normalized spacial score (nSPS) is 18.7. The van der Waals surface area contributed by atoms with Crippen LogP contribution in [0.4, 0.5) is 5.69 Å². The van der Waals surface area contributed by atoms with Crippen LogP contribution in [0.3, 0.4) is 0 Å². The van der Waals surface area contributed by atoms with Crippen LogP contribution in [0, 0.1) is 11.8 Å². The van der Waals surface area contributed by atoms with Crippen molar-refractivity contribution in [2.75, 3.05) is 19.5 Å². The summed E-state index contributed by atoms with van der Waals surface area (Å²) in [6.07, 6.45) is 3.99. The van der Waals surface area contributed by atoms with Crippen molar-refractivity contribution in [3.63, 3.8) is 0 Å². The number of carboxylic acid groups (broad SMARTS) is 1. The molecule has 1 aromatic rings. The van der Waals surface area contributed by atoms with Gasteiger partial charge in [0, 0.05) is 0 Å². The molecule has 0 fully saturated rings. The van der Waals surface area contributed by atoms with Crippen molar-refractivity contribution in [3.05, 3.63) is 41.5 Å². The molecule has 0 heterocycles. The van der Waals surface area contributed by atoms with E-state index in [2.05, 4.69) is 14.8 Å². The third-order valence-electron chi connectivity index (χ3n) is 4.19. The molecule has 8 nitrogen and oxygen atoms in total. The highest BCUT2D eigenvalue weighted by Crippen LogP contribution is 2.28. The van der Waals surface area contributed by atoms with Gasteiger partial charge in [0.1, 0.15) is 0 Å². The van der Waals surface area contributed by atoms with Crippen LogP contribution in [0.2, 0.25) is 0 Å². The summed E-state index contributed by atoms with van der Waals surface area (Å²) in [5.74, 6) is -4.59. The highest BCUT2D eigenvalue weighted by atomic mass is 16.5. The number of carbonyl (C=O) groups is 4. The average molecular weight is 361 g/mol. The molecule has 1 aromatic carbocycles. The molecular formula is C18H19NO7. The highest BCUT2D eigenvalue weighted by Gasteiger charge is 2.34. The van der Waals surface area contributed by atoms with Crippen molar-refractivity contribution >= 4 is 29.5 Å². The summed E-state index contributed by atoms with van der Waals surface area (Å²) in [5.41, 5.74) is 0.240. The first-order valence-corrected chi connectivity index (χ1v) is 7.88. The van der Waals surface area contributed by atoms with E-state index in [0.29, 0.717) is 0 Å². The minimum atomic E-state index is -1.06. The number of rotatable bonds is 5. The third kappa shape index (κ3) is 4.08. The van der Waals surface area contributed by atoms with Crippen LogP contribution >= 0.6 is 0 Å². The number of ether oxygens (including phenoxy) is 2. The summed E-state index contributed by atoms with van der Waals surface area (Å²) in [7, 11) is 2.40. The lowest BCUT2D eigenvalue weighted by Gasteiger charge is -2.24. The number of hydrogen-bond acceptors (Lipinski definition) is 6. The number of allylic oxidation sites excluding steroid dienone is 2. The van der Waals surface area contributed by atoms with Gasteiger partial charge in [-0.1, -0.05) is 12.2 Å². The predicted octanol–water partition coefficient (Wildman–Crippen LogP) is 1.87. The van der Waals surface area contributed by atoms with E-state index in [1.54, 1.807) is 12.2 Å². The zero-order chi connectivity index (χ0) is 19.3. The number of aliphatic carboxylic acids is 1. The fourth-order valence-corrected chi connectivity index (χ4v) is 2.78. The number of methoxy groups -OCH3 is 2. The van der Waals surface area contributed by atoms with Gasteiger partial charge in [-0.15, -0.1) is 0 Å². The van der Waals surface area contributed by atoms with E-state index < -0.39 is 35.7 Å². The maximum atomic E-state index is 12.6. The lowest BCUT2D eigenvalue weighted by atomic mass is 9.82. The van der Waals surface area contributed by atoms with E-state index in [1.807, 2.05) is 0 Å². The molecule has 0 radical (unpaired) electrons. The number of amides is 1. The van der Waals surface area contributed by atoms with Crippen LogP contribution in [-0.4, -0.2) is 43.1 Å². The summed E-state index contributed by atoms with van der Waals surface area (Å²) in [6, 6.07) is 4.00. The van der Waals surface area contributed by atoms with E-state index in [1.165, 1.54) is 32.4 Å². The van der Waals surface area contributed by atoms with E-state index in [4.69, 9.17) is 0 Å². The summed E-state index contributed by atoms with van der Waals surface area (Å²) in [6.45, 7) is 0. The van der Waals surface area contributed by atoms with Gasteiger partial charge in [-0.05, 0) is 31.0 Å². The Morgan fingerprint density at radius 2 is 1.62 bits per heavy atom. The SMILES string of the molecule is COC(=O)c1ccc(C(=O)OC)c(NC(=O)C2CC=CCC2C(=O)O)c1. The molecule has 0 saturated carbocycles. The van der Waals surface area contributed by atoms with Crippen LogP contribution in [0.25, 0.3) is 0 Å².